The Morgan fingerprint density at radius 3 is 2.68 bits per heavy atom. The van der Waals surface area contributed by atoms with Crippen LogP contribution in [0.3, 0.4) is 0 Å². The molecule has 0 amide bonds. The molecule has 1 heterocycles. The maximum atomic E-state index is 5.46. The first-order valence-corrected chi connectivity index (χ1v) is 6.60. The average Bonchev–Trinajstić information content (AvgIpc) is 2.49. The first kappa shape index (κ1) is 12.1. The lowest BCUT2D eigenvalue weighted by Gasteiger charge is -2.23. The molecule has 0 unspecified atom stereocenters. The quantitative estimate of drug-likeness (QED) is 0.883. The Hall–Kier alpha value is -2.00. The number of ether oxygens (including phenoxy) is 1. The summed E-state index contributed by atoms with van der Waals surface area (Å²) in [5, 5.41) is 6.91. The van der Waals surface area contributed by atoms with Gasteiger partial charge in [-0.3, -0.25) is 0 Å². The van der Waals surface area contributed by atoms with Crippen LogP contribution in [0.25, 0.3) is 0 Å². The summed E-state index contributed by atoms with van der Waals surface area (Å²) >= 11 is 0. The molecular weight excluding hydrogens is 236 g/mol. The number of nitrogens with one attached hydrogen (secondary N) is 2. The zero-order chi connectivity index (χ0) is 13.1. The minimum absolute atomic E-state index is 0.891. The van der Waals surface area contributed by atoms with Crippen molar-refractivity contribution in [1.29, 1.82) is 0 Å². The van der Waals surface area contributed by atoms with Gasteiger partial charge in [0.15, 0.2) is 0 Å². The molecule has 0 fully saturated rings. The fourth-order valence-electron chi connectivity index (χ4n) is 2.56. The summed E-state index contributed by atoms with van der Waals surface area (Å²) in [6, 6.07) is 14.4. The summed E-state index contributed by atoms with van der Waals surface area (Å²) in [5.74, 6) is 0.995. The van der Waals surface area contributed by atoms with Crippen molar-refractivity contribution in [2.75, 3.05) is 19.0 Å². The Balaban J connectivity index is 1.98. The molecule has 2 aromatic rings. The zero-order valence-corrected chi connectivity index (χ0v) is 11.1. The van der Waals surface area contributed by atoms with Gasteiger partial charge in [0.25, 0.3) is 0 Å². The number of para-hydroxylation sites is 1. The van der Waals surface area contributed by atoms with Crippen LogP contribution in [0.5, 0.6) is 5.75 Å². The summed E-state index contributed by atoms with van der Waals surface area (Å²) in [4.78, 5) is 0. The molecule has 0 aliphatic carbocycles. The second kappa shape index (κ2) is 5.33. The van der Waals surface area contributed by atoms with Crippen molar-refractivity contribution in [3.63, 3.8) is 0 Å². The lowest BCUT2D eigenvalue weighted by molar-refractivity contribution is 0.406. The molecule has 0 radical (unpaired) electrons. The topological polar surface area (TPSA) is 33.3 Å². The second-order valence-electron chi connectivity index (χ2n) is 4.69. The van der Waals surface area contributed by atoms with E-state index in [0.29, 0.717) is 0 Å². The van der Waals surface area contributed by atoms with Crippen molar-refractivity contribution in [1.82, 2.24) is 5.32 Å². The monoisotopic (exact) mass is 254 g/mol. The van der Waals surface area contributed by atoms with Crippen LogP contribution in [0.15, 0.2) is 42.5 Å². The highest BCUT2D eigenvalue weighted by molar-refractivity contribution is 5.67. The van der Waals surface area contributed by atoms with E-state index >= 15 is 0 Å². The normalized spacial score (nSPS) is 13.7. The molecular formula is C16H18N2O. The van der Waals surface area contributed by atoms with Crippen molar-refractivity contribution < 1.29 is 4.74 Å². The third kappa shape index (κ3) is 2.42. The standard InChI is InChI=1S/C16H18N2O/c1-19-16-8-7-15(14-11-17-10-9-13(14)16)18-12-5-3-2-4-6-12/h2-8,17-18H,9-11H2,1H3. The van der Waals surface area contributed by atoms with Gasteiger partial charge in [0, 0.05) is 23.5 Å². The van der Waals surface area contributed by atoms with E-state index in [2.05, 4.69) is 34.9 Å². The molecule has 19 heavy (non-hydrogen) atoms. The number of rotatable bonds is 3. The molecule has 3 rings (SSSR count). The highest BCUT2D eigenvalue weighted by Gasteiger charge is 2.17. The molecule has 0 saturated heterocycles. The van der Waals surface area contributed by atoms with Gasteiger partial charge >= 0.3 is 0 Å². The van der Waals surface area contributed by atoms with Crippen molar-refractivity contribution in [2.45, 2.75) is 13.0 Å². The number of anilines is 2. The molecule has 3 nitrogen and oxygen atoms in total. The predicted octanol–water partition coefficient (Wildman–Crippen LogP) is 3.08. The first-order chi connectivity index (χ1) is 9.38. The second-order valence-corrected chi connectivity index (χ2v) is 4.69. The minimum Gasteiger partial charge on any atom is -0.496 e. The molecule has 0 bridgehead atoms. The van der Waals surface area contributed by atoms with E-state index in [1.54, 1.807) is 7.11 Å². The van der Waals surface area contributed by atoms with Crippen LogP contribution in [-0.2, 0) is 13.0 Å². The van der Waals surface area contributed by atoms with Crippen molar-refractivity contribution in [3.05, 3.63) is 53.6 Å². The van der Waals surface area contributed by atoms with E-state index in [1.807, 2.05) is 18.2 Å². The van der Waals surface area contributed by atoms with Crippen LogP contribution in [0.4, 0.5) is 11.4 Å². The molecule has 2 aromatic carbocycles. The molecule has 1 aliphatic heterocycles. The lowest BCUT2D eigenvalue weighted by Crippen LogP contribution is -2.25. The summed E-state index contributed by atoms with van der Waals surface area (Å²) < 4.78 is 5.46. The van der Waals surface area contributed by atoms with Crippen molar-refractivity contribution >= 4 is 11.4 Å². The van der Waals surface area contributed by atoms with Crippen LogP contribution < -0.4 is 15.4 Å². The van der Waals surface area contributed by atoms with Crippen molar-refractivity contribution in [2.24, 2.45) is 0 Å². The van der Waals surface area contributed by atoms with Crippen molar-refractivity contribution in [3.8, 4) is 5.75 Å². The zero-order valence-electron chi connectivity index (χ0n) is 11.1. The van der Waals surface area contributed by atoms with Crippen LogP contribution >= 0.6 is 0 Å². The van der Waals surface area contributed by atoms with Crippen LogP contribution in [0.2, 0.25) is 0 Å². The molecule has 0 saturated carbocycles. The molecule has 0 aromatic heterocycles. The smallest absolute Gasteiger partial charge is 0.122 e. The number of hydrogen-bond acceptors (Lipinski definition) is 3. The highest BCUT2D eigenvalue weighted by Crippen LogP contribution is 2.32. The summed E-state index contributed by atoms with van der Waals surface area (Å²) in [7, 11) is 1.74. The SMILES string of the molecule is COc1ccc(Nc2ccccc2)c2c1CCNC2. The fraction of sp³-hybridized carbons (Fsp3) is 0.250. The van der Waals surface area contributed by atoms with Crippen LogP contribution in [-0.4, -0.2) is 13.7 Å². The van der Waals surface area contributed by atoms with Gasteiger partial charge in [-0.15, -0.1) is 0 Å². The molecule has 0 spiro atoms. The third-order valence-electron chi connectivity index (χ3n) is 3.51. The van der Waals surface area contributed by atoms with Gasteiger partial charge in [0.2, 0.25) is 0 Å². The number of fused-ring (bicyclic) bond motifs is 1. The Morgan fingerprint density at radius 2 is 1.89 bits per heavy atom. The number of hydrogen-bond donors (Lipinski definition) is 2. The third-order valence-corrected chi connectivity index (χ3v) is 3.51. The summed E-state index contributed by atoms with van der Waals surface area (Å²) in [5.41, 5.74) is 4.91. The maximum Gasteiger partial charge on any atom is 0.122 e. The van der Waals surface area contributed by atoms with E-state index in [0.717, 1.165) is 36.6 Å². The van der Waals surface area contributed by atoms with Crippen LogP contribution in [0.1, 0.15) is 11.1 Å². The van der Waals surface area contributed by atoms with E-state index in [4.69, 9.17) is 4.74 Å². The van der Waals surface area contributed by atoms with Gasteiger partial charge < -0.3 is 15.4 Å². The molecule has 1 aliphatic rings. The number of benzene rings is 2. The van der Waals surface area contributed by atoms with E-state index < -0.39 is 0 Å². The minimum atomic E-state index is 0.891. The van der Waals surface area contributed by atoms with Gasteiger partial charge in [0.05, 0.1) is 7.11 Å². The lowest BCUT2D eigenvalue weighted by atomic mass is 9.98. The highest BCUT2D eigenvalue weighted by atomic mass is 16.5. The molecule has 98 valence electrons. The Kier molecular flexibility index (Phi) is 3.38. The molecule has 2 N–H and O–H groups in total. The Morgan fingerprint density at radius 1 is 1.05 bits per heavy atom. The van der Waals surface area contributed by atoms with Gasteiger partial charge in [-0.1, -0.05) is 18.2 Å². The number of methoxy groups -OCH3 is 1. The Bertz CT molecular complexity index is 566. The maximum absolute atomic E-state index is 5.46. The average molecular weight is 254 g/mol. The molecule has 3 heteroatoms. The van der Waals surface area contributed by atoms with Crippen LogP contribution in [0, 0.1) is 0 Å². The summed E-state index contributed by atoms with van der Waals surface area (Å²) in [6.07, 6.45) is 1.02. The summed E-state index contributed by atoms with van der Waals surface area (Å²) in [6.45, 7) is 1.90. The van der Waals surface area contributed by atoms with Gasteiger partial charge in [-0.05, 0) is 42.8 Å². The first-order valence-electron chi connectivity index (χ1n) is 6.60. The fourth-order valence-corrected chi connectivity index (χ4v) is 2.56. The van der Waals surface area contributed by atoms with E-state index in [9.17, 15) is 0 Å². The largest absolute Gasteiger partial charge is 0.496 e. The Labute approximate surface area is 113 Å². The predicted molar refractivity (Wildman–Crippen MR) is 78.1 cm³/mol. The van der Waals surface area contributed by atoms with E-state index in [-0.39, 0.29) is 0 Å². The van der Waals surface area contributed by atoms with Gasteiger partial charge in [-0.25, -0.2) is 0 Å². The van der Waals surface area contributed by atoms with E-state index in [1.165, 1.54) is 11.1 Å². The van der Waals surface area contributed by atoms with Gasteiger partial charge in [0.1, 0.15) is 5.75 Å². The van der Waals surface area contributed by atoms with Gasteiger partial charge in [-0.2, -0.15) is 0 Å². The molecule has 0 atom stereocenters.